The van der Waals surface area contributed by atoms with Crippen LogP contribution < -0.4 is 0 Å². The van der Waals surface area contributed by atoms with Crippen molar-refractivity contribution in [3.8, 4) is 0 Å². The molecule has 31 heavy (non-hydrogen) atoms. The molecular formula is C27H46O4. The third kappa shape index (κ3) is 3.30. The second-order valence-corrected chi connectivity index (χ2v) is 12.6. The number of aliphatic hydroxyl groups excluding tert-OH is 2. The topological polar surface area (TPSA) is 80.9 Å². The van der Waals surface area contributed by atoms with Gasteiger partial charge in [0, 0.05) is 11.8 Å². The van der Waals surface area contributed by atoms with Gasteiger partial charge in [-0.15, -0.1) is 0 Å². The molecule has 3 saturated carbocycles. The van der Waals surface area contributed by atoms with Crippen LogP contribution in [0.4, 0.5) is 0 Å². The Bertz CT molecular complexity index is 718. The Hall–Kier alpha value is -0.420. The summed E-state index contributed by atoms with van der Waals surface area (Å²) in [4.78, 5) is 0. The smallest absolute Gasteiger partial charge is 0.105 e. The molecule has 4 aliphatic carbocycles. The lowest BCUT2D eigenvalue weighted by atomic mass is 9.43. The molecule has 0 spiro atoms. The van der Waals surface area contributed by atoms with E-state index in [4.69, 9.17) is 0 Å². The molecule has 4 rings (SSSR count). The van der Waals surface area contributed by atoms with Crippen molar-refractivity contribution >= 4 is 0 Å². The molecule has 0 saturated heterocycles. The van der Waals surface area contributed by atoms with Crippen LogP contribution in [0.3, 0.4) is 0 Å². The standard InChI is InChI=1S/C27H46O4/c1-17(2)7-6-8-18(3)20-9-10-21-22-15-23(29)27(31)16-19(28)11-12-25(27,5)26(22,30)14-13-24(20,21)4/h15,17-21,23,28-31H,6-14,16H2,1-5H3/t18-,19+,20-,21+,23+,24-,25-,26-,27+/m1/s1. The summed E-state index contributed by atoms with van der Waals surface area (Å²) in [6, 6.07) is 0. The molecule has 0 heterocycles. The predicted octanol–water partition coefficient (Wildman–Crippen LogP) is 4.59. The van der Waals surface area contributed by atoms with Crippen molar-refractivity contribution in [2.24, 2.45) is 34.5 Å². The van der Waals surface area contributed by atoms with E-state index in [2.05, 4.69) is 27.7 Å². The number of hydrogen-bond acceptors (Lipinski definition) is 4. The van der Waals surface area contributed by atoms with Crippen LogP contribution in [-0.4, -0.2) is 43.8 Å². The summed E-state index contributed by atoms with van der Waals surface area (Å²) < 4.78 is 0. The van der Waals surface area contributed by atoms with Crippen molar-refractivity contribution in [3.63, 3.8) is 0 Å². The zero-order valence-electron chi connectivity index (χ0n) is 20.4. The lowest BCUT2D eigenvalue weighted by molar-refractivity contribution is -0.258. The van der Waals surface area contributed by atoms with Crippen molar-refractivity contribution in [3.05, 3.63) is 11.6 Å². The second kappa shape index (κ2) is 7.82. The summed E-state index contributed by atoms with van der Waals surface area (Å²) in [7, 11) is 0. The first-order chi connectivity index (χ1) is 14.4. The van der Waals surface area contributed by atoms with Gasteiger partial charge in [0.1, 0.15) is 11.7 Å². The average Bonchev–Trinajstić information content (AvgIpc) is 3.03. The molecule has 4 heteroatoms. The van der Waals surface area contributed by atoms with Gasteiger partial charge in [-0.05, 0) is 73.2 Å². The van der Waals surface area contributed by atoms with Gasteiger partial charge >= 0.3 is 0 Å². The largest absolute Gasteiger partial charge is 0.393 e. The fraction of sp³-hybridized carbons (Fsp3) is 0.926. The summed E-state index contributed by atoms with van der Waals surface area (Å²) >= 11 is 0. The summed E-state index contributed by atoms with van der Waals surface area (Å²) in [6.45, 7) is 11.4. The Morgan fingerprint density at radius 3 is 2.35 bits per heavy atom. The molecule has 0 aromatic carbocycles. The highest BCUT2D eigenvalue weighted by Gasteiger charge is 2.70. The minimum Gasteiger partial charge on any atom is -0.393 e. The fourth-order valence-corrected chi connectivity index (χ4v) is 8.53. The fourth-order valence-electron chi connectivity index (χ4n) is 8.53. The van der Waals surface area contributed by atoms with Crippen LogP contribution in [0.1, 0.15) is 98.8 Å². The molecule has 0 aromatic heterocycles. The molecular weight excluding hydrogens is 388 g/mol. The molecule has 0 aromatic rings. The molecule has 178 valence electrons. The molecule has 4 aliphatic rings. The average molecular weight is 435 g/mol. The highest BCUT2D eigenvalue weighted by atomic mass is 16.4. The van der Waals surface area contributed by atoms with E-state index in [-0.39, 0.29) is 17.8 Å². The van der Waals surface area contributed by atoms with Crippen LogP contribution in [0.25, 0.3) is 0 Å². The van der Waals surface area contributed by atoms with Gasteiger partial charge in [-0.25, -0.2) is 0 Å². The summed E-state index contributed by atoms with van der Waals surface area (Å²) in [5, 5.41) is 45.1. The van der Waals surface area contributed by atoms with E-state index in [1.165, 1.54) is 25.7 Å². The predicted molar refractivity (Wildman–Crippen MR) is 123 cm³/mol. The number of aliphatic hydroxyl groups is 4. The normalized spacial score (nSPS) is 50.5. The Morgan fingerprint density at radius 1 is 0.968 bits per heavy atom. The molecule has 4 nitrogen and oxygen atoms in total. The minimum atomic E-state index is -1.47. The molecule has 0 amide bonds. The molecule has 0 bridgehead atoms. The maximum atomic E-state index is 12.2. The number of fused-ring (bicyclic) bond motifs is 5. The van der Waals surface area contributed by atoms with E-state index in [1.807, 2.05) is 6.92 Å². The molecule has 3 fully saturated rings. The monoisotopic (exact) mass is 434 g/mol. The van der Waals surface area contributed by atoms with E-state index < -0.39 is 28.8 Å². The van der Waals surface area contributed by atoms with Crippen molar-refractivity contribution in [2.45, 2.75) is 122 Å². The van der Waals surface area contributed by atoms with Gasteiger partial charge in [-0.2, -0.15) is 0 Å². The molecule has 9 atom stereocenters. The van der Waals surface area contributed by atoms with E-state index in [1.54, 1.807) is 6.08 Å². The highest BCUT2D eigenvalue weighted by molar-refractivity contribution is 5.40. The van der Waals surface area contributed by atoms with Crippen LogP contribution in [-0.2, 0) is 0 Å². The van der Waals surface area contributed by atoms with Crippen LogP contribution in [0.2, 0.25) is 0 Å². The van der Waals surface area contributed by atoms with E-state index >= 15 is 0 Å². The van der Waals surface area contributed by atoms with Gasteiger partial charge in [-0.1, -0.05) is 60.0 Å². The highest BCUT2D eigenvalue weighted by Crippen LogP contribution is 2.69. The summed E-state index contributed by atoms with van der Waals surface area (Å²) in [6.07, 6.45) is 9.08. The van der Waals surface area contributed by atoms with Crippen molar-refractivity contribution in [1.29, 1.82) is 0 Å². The van der Waals surface area contributed by atoms with Crippen LogP contribution in [0.5, 0.6) is 0 Å². The third-order valence-corrected chi connectivity index (χ3v) is 10.6. The van der Waals surface area contributed by atoms with E-state index in [9.17, 15) is 20.4 Å². The van der Waals surface area contributed by atoms with Gasteiger partial charge in [0.2, 0.25) is 0 Å². The zero-order chi connectivity index (χ0) is 22.8. The van der Waals surface area contributed by atoms with E-state index in [0.717, 1.165) is 24.3 Å². The van der Waals surface area contributed by atoms with Crippen LogP contribution in [0, 0.1) is 34.5 Å². The Balaban J connectivity index is 1.63. The first kappa shape index (κ1) is 23.7. The SMILES string of the molecule is CC(C)CCC[C@@H](C)[C@H]1CC[C@H]2C3=C[C@H](O)[C@@]4(O)C[C@@H](O)CC[C@]4(C)[C@@]3(O)CC[C@]12C. The molecule has 0 unspecified atom stereocenters. The lowest BCUT2D eigenvalue weighted by Crippen LogP contribution is -2.72. The first-order valence-electron chi connectivity index (χ1n) is 12.9. The maximum absolute atomic E-state index is 12.2. The minimum absolute atomic E-state index is 0.133. The Labute approximate surface area is 189 Å². The molecule has 0 aliphatic heterocycles. The first-order valence-corrected chi connectivity index (χ1v) is 12.9. The maximum Gasteiger partial charge on any atom is 0.105 e. The Morgan fingerprint density at radius 2 is 1.68 bits per heavy atom. The lowest BCUT2D eigenvalue weighted by Gasteiger charge is -2.65. The third-order valence-electron chi connectivity index (χ3n) is 10.6. The van der Waals surface area contributed by atoms with Crippen molar-refractivity contribution in [1.82, 2.24) is 0 Å². The zero-order valence-corrected chi connectivity index (χ0v) is 20.4. The summed E-state index contributed by atoms with van der Waals surface area (Å²) in [5.41, 5.74) is -2.26. The number of hydrogen-bond donors (Lipinski definition) is 4. The molecule has 4 N–H and O–H groups in total. The van der Waals surface area contributed by atoms with Gasteiger partial charge < -0.3 is 20.4 Å². The Kier molecular flexibility index (Phi) is 5.99. The second-order valence-electron chi connectivity index (χ2n) is 12.6. The van der Waals surface area contributed by atoms with Gasteiger partial charge in [0.15, 0.2) is 0 Å². The van der Waals surface area contributed by atoms with Crippen LogP contribution in [0.15, 0.2) is 11.6 Å². The van der Waals surface area contributed by atoms with E-state index in [0.29, 0.717) is 31.1 Å². The van der Waals surface area contributed by atoms with Crippen LogP contribution >= 0.6 is 0 Å². The summed E-state index contributed by atoms with van der Waals surface area (Å²) in [5.74, 6) is 2.35. The number of rotatable bonds is 5. The van der Waals surface area contributed by atoms with Crippen molar-refractivity contribution in [2.75, 3.05) is 0 Å². The molecule has 0 radical (unpaired) electrons. The van der Waals surface area contributed by atoms with Crippen molar-refractivity contribution < 1.29 is 20.4 Å². The van der Waals surface area contributed by atoms with Gasteiger partial charge in [0.05, 0.1) is 11.7 Å². The quantitative estimate of drug-likeness (QED) is 0.477. The van der Waals surface area contributed by atoms with Gasteiger partial charge in [-0.3, -0.25) is 0 Å². The van der Waals surface area contributed by atoms with Gasteiger partial charge in [0.25, 0.3) is 0 Å².